The van der Waals surface area contributed by atoms with Crippen molar-refractivity contribution in [2.75, 3.05) is 27.3 Å². The average molecular weight is 279 g/mol. The van der Waals surface area contributed by atoms with Crippen LogP contribution >= 0.6 is 0 Å². The highest BCUT2D eigenvalue weighted by Crippen LogP contribution is 2.39. The van der Waals surface area contributed by atoms with Crippen LogP contribution in [0, 0.1) is 0 Å². The summed E-state index contributed by atoms with van der Waals surface area (Å²) in [6, 6.07) is 5.94. The van der Waals surface area contributed by atoms with Crippen LogP contribution in [0.3, 0.4) is 0 Å². The van der Waals surface area contributed by atoms with Crippen LogP contribution in [0.25, 0.3) is 0 Å². The van der Waals surface area contributed by atoms with E-state index in [9.17, 15) is 0 Å². The van der Waals surface area contributed by atoms with Crippen molar-refractivity contribution in [2.24, 2.45) is 0 Å². The Balaban J connectivity index is 2.31. The fraction of sp³-hybridized carbons (Fsp3) is 0.625. The van der Waals surface area contributed by atoms with Crippen molar-refractivity contribution in [3.05, 3.63) is 23.8 Å². The fourth-order valence-electron chi connectivity index (χ4n) is 2.82. The Hall–Kier alpha value is -1.26. The van der Waals surface area contributed by atoms with Gasteiger partial charge in [0.25, 0.3) is 0 Å². The van der Waals surface area contributed by atoms with Crippen LogP contribution in [0.2, 0.25) is 0 Å². The summed E-state index contributed by atoms with van der Waals surface area (Å²) in [6.45, 7) is 6.06. The average Bonchev–Trinajstić information content (AvgIpc) is 2.53. The second kappa shape index (κ2) is 6.46. The first-order valence-corrected chi connectivity index (χ1v) is 7.29. The van der Waals surface area contributed by atoms with Gasteiger partial charge in [-0.05, 0) is 18.9 Å². The van der Waals surface area contributed by atoms with Gasteiger partial charge in [0, 0.05) is 18.7 Å². The molecule has 0 bridgehead atoms. The van der Waals surface area contributed by atoms with Crippen molar-refractivity contribution in [3.63, 3.8) is 0 Å². The van der Waals surface area contributed by atoms with Crippen molar-refractivity contribution in [1.82, 2.24) is 5.32 Å². The summed E-state index contributed by atoms with van der Waals surface area (Å²) >= 11 is 0. The highest BCUT2D eigenvalue weighted by Gasteiger charge is 2.36. The minimum atomic E-state index is -0.0863. The number of hydrogen-bond donors (Lipinski definition) is 1. The fourth-order valence-corrected chi connectivity index (χ4v) is 2.82. The zero-order valence-electron chi connectivity index (χ0n) is 12.9. The van der Waals surface area contributed by atoms with Crippen LogP contribution in [-0.2, 0) is 4.74 Å². The Kier molecular flexibility index (Phi) is 4.89. The molecule has 1 aliphatic heterocycles. The number of nitrogens with one attached hydrogen (secondary N) is 1. The normalized spacial score (nSPS) is 21.5. The second-order valence-electron chi connectivity index (χ2n) is 5.21. The van der Waals surface area contributed by atoms with Crippen LogP contribution in [0.15, 0.2) is 18.2 Å². The maximum absolute atomic E-state index is 6.40. The number of methoxy groups -OCH3 is 2. The summed E-state index contributed by atoms with van der Waals surface area (Å²) in [4.78, 5) is 0. The molecule has 1 saturated heterocycles. The van der Waals surface area contributed by atoms with Crippen molar-refractivity contribution < 1.29 is 14.2 Å². The van der Waals surface area contributed by atoms with Gasteiger partial charge >= 0.3 is 0 Å². The molecule has 1 N–H and O–H groups in total. The first-order valence-electron chi connectivity index (χ1n) is 7.29. The molecule has 1 heterocycles. The number of morpholine rings is 1. The van der Waals surface area contributed by atoms with E-state index in [4.69, 9.17) is 14.2 Å². The third-order valence-corrected chi connectivity index (χ3v) is 4.24. The summed E-state index contributed by atoms with van der Waals surface area (Å²) in [6.07, 6.45) is 1.99. The van der Waals surface area contributed by atoms with E-state index in [0.717, 1.165) is 43.0 Å². The molecule has 0 aliphatic carbocycles. The highest BCUT2D eigenvalue weighted by atomic mass is 16.5. The van der Waals surface area contributed by atoms with Gasteiger partial charge in [-0.1, -0.05) is 26.0 Å². The smallest absolute Gasteiger partial charge is 0.166 e. The number of benzene rings is 1. The molecule has 0 amide bonds. The SMILES string of the molecule is CCC1(CC)CNCC(c2cccc(OC)c2OC)O1. The van der Waals surface area contributed by atoms with E-state index in [-0.39, 0.29) is 11.7 Å². The molecule has 0 saturated carbocycles. The van der Waals surface area contributed by atoms with Crippen LogP contribution in [-0.4, -0.2) is 32.9 Å². The molecule has 0 radical (unpaired) electrons. The van der Waals surface area contributed by atoms with E-state index in [2.05, 4.69) is 25.2 Å². The minimum absolute atomic E-state index is 0.00583. The molecule has 1 aromatic carbocycles. The summed E-state index contributed by atoms with van der Waals surface area (Å²) in [5, 5.41) is 3.49. The maximum Gasteiger partial charge on any atom is 0.166 e. The largest absolute Gasteiger partial charge is 0.493 e. The molecule has 4 nitrogen and oxygen atoms in total. The Morgan fingerprint density at radius 1 is 1.25 bits per heavy atom. The Morgan fingerprint density at radius 3 is 2.60 bits per heavy atom. The Morgan fingerprint density at radius 2 is 2.00 bits per heavy atom. The topological polar surface area (TPSA) is 39.7 Å². The lowest BCUT2D eigenvalue weighted by molar-refractivity contribution is -0.123. The van der Waals surface area contributed by atoms with E-state index < -0.39 is 0 Å². The molecular weight excluding hydrogens is 254 g/mol. The van der Waals surface area contributed by atoms with E-state index in [1.165, 1.54) is 0 Å². The summed E-state index contributed by atoms with van der Waals surface area (Å²) in [5.41, 5.74) is 0.960. The van der Waals surface area contributed by atoms with E-state index in [0.29, 0.717) is 0 Å². The van der Waals surface area contributed by atoms with Crippen LogP contribution in [0.1, 0.15) is 38.4 Å². The highest BCUT2D eigenvalue weighted by molar-refractivity contribution is 5.48. The Labute approximate surface area is 121 Å². The van der Waals surface area contributed by atoms with Gasteiger partial charge in [0.15, 0.2) is 11.5 Å². The molecule has 1 atom stereocenters. The number of para-hydroxylation sites is 1. The predicted octanol–water partition coefficient (Wildman–Crippen LogP) is 2.92. The van der Waals surface area contributed by atoms with Crippen molar-refractivity contribution in [3.8, 4) is 11.5 Å². The van der Waals surface area contributed by atoms with Gasteiger partial charge in [0.05, 0.1) is 25.9 Å². The van der Waals surface area contributed by atoms with Gasteiger partial charge in [-0.3, -0.25) is 0 Å². The summed E-state index contributed by atoms with van der Waals surface area (Å²) < 4.78 is 17.3. The van der Waals surface area contributed by atoms with E-state index >= 15 is 0 Å². The maximum atomic E-state index is 6.40. The van der Waals surface area contributed by atoms with Crippen molar-refractivity contribution in [2.45, 2.75) is 38.4 Å². The summed E-state index contributed by atoms with van der Waals surface area (Å²) in [5.74, 6) is 1.52. The molecule has 1 unspecified atom stereocenters. The molecule has 112 valence electrons. The number of ether oxygens (including phenoxy) is 3. The number of hydrogen-bond acceptors (Lipinski definition) is 4. The van der Waals surface area contributed by atoms with Crippen LogP contribution in [0.5, 0.6) is 11.5 Å². The predicted molar refractivity (Wildman–Crippen MR) is 79.6 cm³/mol. The minimum Gasteiger partial charge on any atom is -0.493 e. The van der Waals surface area contributed by atoms with Gasteiger partial charge in [-0.15, -0.1) is 0 Å². The van der Waals surface area contributed by atoms with Crippen molar-refractivity contribution >= 4 is 0 Å². The van der Waals surface area contributed by atoms with E-state index in [1.54, 1.807) is 14.2 Å². The third kappa shape index (κ3) is 2.76. The molecule has 0 aromatic heterocycles. The molecule has 1 fully saturated rings. The standard InChI is InChI=1S/C16H25NO3/c1-5-16(6-2)11-17-10-14(20-16)12-8-7-9-13(18-3)15(12)19-4/h7-9,14,17H,5-6,10-11H2,1-4H3. The summed E-state index contributed by atoms with van der Waals surface area (Å²) in [7, 11) is 3.33. The molecule has 2 rings (SSSR count). The van der Waals surface area contributed by atoms with Gasteiger partial charge < -0.3 is 19.5 Å². The van der Waals surface area contributed by atoms with Crippen LogP contribution in [0.4, 0.5) is 0 Å². The van der Waals surface area contributed by atoms with Gasteiger partial charge in [-0.2, -0.15) is 0 Å². The van der Waals surface area contributed by atoms with Gasteiger partial charge in [0.2, 0.25) is 0 Å². The van der Waals surface area contributed by atoms with Crippen molar-refractivity contribution in [1.29, 1.82) is 0 Å². The zero-order chi connectivity index (χ0) is 14.6. The van der Waals surface area contributed by atoms with Crippen LogP contribution < -0.4 is 14.8 Å². The van der Waals surface area contributed by atoms with Gasteiger partial charge in [-0.25, -0.2) is 0 Å². The molecule has 4 heteroatoms. The molecule has 0 spiro atoms. The quantitative estimate of drug-likeness (QED) is 0.899. The number of rotatable bonds is 5. The van der Waals surface area contributed by atoms with E-state index in [1.807, 2.05) is 12.1 Å². The molecular formula is C16H25NO3. The zero-order valence-corrected chi connectivity index (χ0v) is 12.9. The Bertz CT molecular complexity index is 443. The second-order valence-corrected chi connectivity index (χ2v) is 5.21. The molecule has 1 aromatic rings. The molecule has 1 aliphatic rings. The lowest BCUT2D eigenvalue weighted by Crippen LogP contribution is -2.50. The lowest BCUT2D eigenvalue weighted by Gasteiger charge is -2.41. The first-order chi connectivity index (χ1) is 9.69. The molecule has 20 heavy (non-hydrogen) atoms. The third-order valence-electron chi connectivity index (χ3n) is 4.24. The van der Waals surface area contributed by atoms with Gasteiger partial charge in [0.1, 0.15) is 0 Å². The monoisotopic (exact) mass is 279 g/mol. The lowest BCUT2D eigenvalue weighted by atomic mass is 9.93. The first kappa shape index (κ1) is 15.1.